The molecule has 5 heteroatoms. The Bertz CT molecular complexity index is 707. The molecule has 0 atom stereocenters. The Hall–Kier alpha value is -2.30. The number of anilines is 1. The van der Waals surface area contributed by atoms with Gasteiger partial charge in [0.1, 0.15) is 11.5 Å². The number of aryl methyl sites for hydroxylation is 2. The van der Waals surface area contributed by atoms with Crippen LogP contribution in [0.15, 0.2) is 18.2 Å². The van der Waals surface area contributed by atoms with Gasteiger partial charge in [-0.1, -0.05) is 6.07 Å². The van der Waals surface area contributed by atoms with Crippen molar-refractivity contribution >= 4 is 16.7 Å². The van der Waals surface area contributed by atoms with E-state index in [1.165, 1.54) is 0 Å². The molecule has 0 unspecified atom stereocenters. The highest BCUT2D eigenvalue weighted by molar-refractivity contribution is 5.85. The van der Waals surface area contributed by atoms with E-state index in [4.69, 9.17) is 0 Å². The maximum atomic E-state index is 4.40. The first kappa shape index (κ1) is 10.8. The topological polar surface area (TPSA) is 69.4 Å². The third kappa shape index (κ3) is 1.55. The van der Waals surface area contributed by atoms with Gasteiger partial charge < -0.3 is 10.3 Å². The number of fused-ring (bicyclic) bond motifs is 1. The predicted molar refractivity (Wildman–Crippen MR) is 72.7 cm³/mol. The number of aromatic amines is 2. The highest BCUT2D eigenvalue weighted by atomic mass is 15.1. The van der Waals surface area contributed by atoms with E-state index in [1.54, 1.807) is 0 Å². The molecule has 92 valence electrons. The van der Waals surface area contributed by atoms with Crippen molar-refractivity contribution in [1.29, 1.82) is 0 Å². The van der Waals surface area contributed by atoms with Crippen LogP contribution in [0.4, 0.5) is 5.69 Å². The summed E-state index contributed by atoms with van der Waals surface area (Å²) in [5.74, 6) is 0.925. The molecule has 0 radical (unpaired) electrons. The summed E-state index contributed by atoms with van der Waals surface area (Å²) in [5.41, 5.74) is 6.09. The molecule has 3 aromatic rings. The lowest BCUT2D eigenvalue weighted by Gasteiger charge is -2.02. The number of nitrogens with zero attached hydrogens (tertiary/aromatic N) is 2. The van der Waals surface area contributed by atoms with Crippen molar-refractivity contribution in [3.05, 3.63) is 29.7 Å². The van der Waals surface area contributed by atoms with Crippen molar-refractivity contribution in [3.8, 4) is 11.3 Å². The molecule has 5 nitrogen and oxygen atoms in total. The van der Waals surface area contributed by atoms with Gasteiger partial charge in [0.2, 0.25) is 0 Å². The molecule has 2 aromatic heterocycles. The van der Waals surface area contributed by atoms with Crippen LogP contribution in [0.2, 0.25) is 0 Å². The van der Waals surface area contributed by atoms with Gasteiger partial charge in [0, 0.05) is 12.6 Å². The molecule has 0 fully saturated rings. The summed E-state index contributed by atoms with van der Waals surface area (Å²) in [7, 11) is 1.90. The molecular formula is C13H15N5. The second kappa shape index (κ2) is 3.87. The lowest BCUT2D eigenvalue weighted by molar-refractivity contribution is 1.05. The third-order valence-electron chi connectivity index (χ3n) is 3.07. The molecule has 0 saturated heterocycles. The van der Waals surface area contributed by atoms with E-state index in [0.717, 1.165) is 39.5 Å². The quantitative estimate of drug-likeness (QED) is 0.646. The van der Waals surface area contributed by atoms with E-state index in [2.05, 4.69) is 31.5 Å². The Morgan fingerprint density at radius 3 is 2.83 bits per heavy atom. The summed E-state index contributed by atoms with van der Waals surface area (Å²) in [6, 6.07) is 6.13. The zero-order chi connectivity index (χ0) is 12.7. The number of hydrogen-bond donors (Lipinski definition) is 3. The maximum Gasteiger partial charge on any atom is 0.116 e. The van der Waals surface area contributed by atoms with Crippen LogP contribution < -0.4 is 5.32 Å². The van der Waals surface area contributed by atoms with Crippen LogP contribution in [0.1, 0.15) is 11.5 Å². The second-order valence-corrected chi connectivity index (χ2v) is 4.38. The fourth-order valence-electron chi connectivity index (χ4n) is 2.23. The number of benzene rings is 1. The molecule has 0 aliphatic carbocycles. The molecule has 0 saturated carbocycles. The molecule has 0 aliphatic heterocycles. The van der Waals surface area contributed by atoms with Gasteiger partial charge in [0.25, 0.3) is 0 Å². The van der Waals surface area contributed by atoms with Gasteiger partial charge >= 0.3 is 0 Å². The largest absolute Gasteiger partial charge is 0.385 e. The summed E-state index contributed by atoms with van der Waals surface area (Å²) in [4.78, 5) is 7.64. The average Bonchev–Trinajstić information content (AvgIpc) is 2.89. The van der Waals surface area contributed by atoms with Crippen LogP contribution in [-0.2, 0) is 0 Å². The van der Waals surface area contributed by atoms with Crippen LogP contribution in [0, 0.1) is 13.8 Å². The molecule has 2 heterocycles. The molecule has 0 amide bonds. The molecule has 0 spiro atoms. The molecular weight excluding hydrogens is 226 g/mol. The van der Waals surface area contributed by atoms with Crippen molar-refractivity contribution in [2.75, 3.05) is 12.4 Å². The standard InChI is InChI=1S/C13H15N5/c1-7-12(14-3)13(18-17-7)9-4-5-10-11(6-9)16-8(2)15-10/h4-6,14H,1-3H3,(H,15,16)(H,17,18). The highest BCUT2D eigenvalue weighted by Crippen LogP contribution is 2.29. The third-order valence-corrected chi connectivity index (χ3v) is 3.07. The fraction of sp³-hybridized carbons (Fsp3) is 0.231. The van der Waals surface area contributed by atoms with Crippen molar-refractivity contribution in [2.24, 2.45) is 0 Å². The van der Waals surface area contributed by atoms with Crippen LogP contribution in [0.5, 0.6) is 0 Å². The number of nitrogens with one attached hydrogen (secondary N) is 3. The SMILES string of the molecule is CNc1c(-c2ccc3nc(C)[nH]c3c2)n[nH]c1C. The van der Waals surface area contributed by atoms with E-state index in [9.17, 15) is 0 Å². The highest BCUT2D eigenvalue weighted by Gasteiger charge is 2.11. The average molecular weight is 241 g/mol. The van der Waals surface area contributed by atoms with E-state index < -0.39 is 0 Å². The number of hydrogen-bond acceptors (Lipinski definition) is 3. The van der Waals surface area contributed by atoms with Crippen molar-refractivity contribution in [3.63, 3.8) is 0 Å². The summed E-state index contributed by atoms with van der Waals surface area (Å²) in [6.45, 7) is 3.96. The monoisotopic (exact) mass is 241 g/mol. The Morgan fingerprint density at radius 2 is 2.06 bits per heavy atom. The summed E-state index contributed by atoms with van der Waals surface area (Å²) >= 11 is 0. The maximum absolute atomic E-state index is 4.40. The van der Waals surface area contributed by atoms with Gasteiger partial charge in [0.05, 0.1) is 22.4 Å². The number of rotatable bonds is 2. The minimum atomic E-state index is 0.925. The Morgan fingerprint density at radius 1 is 1.22 bits per heavy atom. The van der Waals surface area contributed by atoms with E-state index in [0.29, 0.717) is 0 Å². The van der Waals surface area contributed by atoms with E-state index in [-0.39, 0.29) is 0 Å². The summed E-state index contributed by atoms with van der Waals surface area (Å²) in [5, 5.41) is 10.5. The minimum absolute atomic E-state index is 0.925. The smallest absolute Gasteiger partial charge is 0.116 e. The minimum Gasteiger partial charge on any atom is -0.385 e. The molecule has 1 aromatic carbocycles. The van der Waals surface area contributed by atoms with E-state index >= 15 is 0 Å². The van der Waals surface area contributed by atoms with Crippen LogP contribution >= 0.6 is 0 Å². The van der Waals surface area contributed by atoms with Gasteiger partial charge in [-0.15, -0.1) is 0 Å². The first-order valence-electron chi connectivity index (χ1n) is 5.88. The zero-order valence-electron chi connectivity index (χ0n) is 10.6. The first-order chi connectivity index (χ1) is 8.69. The number of aromatic nitrogens is 4. The van der Waals surface area contributed by atoms with Crippen molar-refractivity contribution < 1.29 is 0 Å². The molecule has 0 bridgehead atoms. The van der Waals surface area contributed by atoms with Gasteiger partial charge in [-0.05, 0) is 26.0 Å². The van der Waals surface area contributed by atoms with Crippen LogP contribution in [0.3, 0.4) is 0 Å². The van der Waals surface area contributed by atoms with Crippen molar-refractivity contribution in [2.45, 2.75) is 13.8 Å². The molecule has 3 N–H and O–H groups in total. The van der Waals surface area contributed by atoms with Crippen LogP contribution in [0.25, 0.3) is 22.3 Å². The molecule has 0 aliphatic rings. The van der Waals surface area contributed by atoms with E-state index in [1.807, 2.05) is 33.0 Å². The fourth-order valence-corrected chi connectivity index (χ4v) is 2.23. The summed E-state index contributed by atoms with van der Waals surface area (Å²) < 4.78 is 0. The second-order valence-electron chi connectivity index (χ2n) is 4.38. The Balaban J connectivity index is 2.18. The molecule has 18 heavy (non-hydrogen) atoms. The Labute approximate surface area is 105 Å². The number of H-pyrrole nitrogens is 2. The first-order valence-corrected chi connectivity index (χ1v) is 5.88. The van der Waals surface area contributed by atoms with Gasteiger partial charge in [-0.3, -0.25) is 5.10 Å². The van der Waals surface area contributed by atoms with Crippen molar-refractivity contribution in [1.82, 2.24) is 20.2 Å². The zero-order valence-corrected chi connectivity index (χ0v) is 10.6. The normalized spacial score (nSPS) is 11.1. The Kier molecular flexibility index (Phi) is 2.33. The molecule has 3 rings (SSSR count). The lowest BCUT2D eigenvalue weighted by atomic mass is 10.1. The van der Waals surface area contributed by atoms with Gasteiger partial charge in [0.15, 0.2) is 0 Å². The number of imidazole rings is 1. The summed E-state index contributed by atoms with van der Waals surface area (Å²) in [6.07, 6.45) is 0. The van der Waals surface area contributed by atoms with Gasteiger partial charge in [-0.2, -0.15) is 5.10 Å². The lowest BCUT2D eigenvalue weighted by Crippen LogP contribution is -1.91. The van der Waals surface area contributed by atoms with Gasteiger partial charge in [-0.25, -0.2) is 4.98 Å². The van der Waals surface area contributed by atoms with Crippen LogP contribution in [-0.4, -0.2) is 27.2 Å². The predicted octanol–water partition coefficient (Wildman–Crippen LogP) is 2.61.